The van der Waals surface area contributed by atoms with Crippen LogP contribution in [0.5, 0.6) is 0 Å². The fraction of sp³-hybridized carbons (Fsp3) is 1.00. The maximum atomic E-state index is 13.7. The zero-order chi connectivity index (χ0) is 52.7. The minimum atomic E-state index is -7.89. The van der Waals surface area contributed by atoms with Gasteiger partial charge in [0, 0.05) is 19.8 Å². The summed E-state index contributed by atoms with van der Waals surface area (Å²) >= 11 is 28.2. The molecule has 0 fully saturated rings. The molecular formula is C20H15Cl6F31O3Si3. The predicted molar refractivity (Wildman–Crippen MR) is 160 cm³/mol. The van der Waals surface area contributed by atoms with Crippen LogP contribution >= 0.6 is 66.5 Å². The minimum Gasteiger partial charge on any atom is -0.392 e. The first-order valence-electron chi connectivity index (χ1n) is 14.1. The molecule has 0 bridgehead atoms. The second-order valence-electron chi connectivity index (χ2n) is 10.7. The van der Waals surface area contributed by atoms with Gasteiger partial charge in [0.25, 0.3) is 10.1 Å². The van der Waals surface area contributed by atoms with Gasteiger partial charge in [0.1, 0.15) is 0 Å². The zero-order valence-corrected chi connectivity index (χ0v) is 36.4. The molecule has 0 amide bonds. The van der Waals surface area contributed by atoms with Gasteiger partial charge in [-0.3, -0.25) is 0 Å². The van der Waals surface area contributed by atoms with E-state index in [0.29, 0.717) is 6.92 Å². The zero-order valence-electron chi connectivity index (χ0n) is 28.8. The summed E-state index contributed by atoms with van der Waals surface area (Å²) in [4.78, 5) is 0. The third-order valence-corrected chi connectivity index (χ3v) is 20.0. The third kappa shape index (κ3) is 11.8. The summed E-state index contributed by atoms with van der Waals surface area (Å²) in [6, 6.07) is 0. The SMILES string of the molecule is CCO[Si](Cl)(Cl)C(C(F)(F)F)(C(F)(F)F)C(F)(F)C(F)(F)C(F)(F)F.CCO[Si](Cl)(Cl)C(C(F)(F)F)(C(F)(F)F)C(F)(F)F.CCO[Si](Cl)(Cl)C(F)(F)C(F)(F)C(F)(F)C(F)(F)F. The fourth-order valence-corrected chi connectivity index (χ4v) is 14.8. The van der Waals surface area contributed by atoms with Gasteiger partial charge in [0.15, 0.2) is 0 Å². The molecule has 0 aliphatic rings. The summed E-state index contributed by atoms with van der Waals surface area (Å²) < 4.78 is 404. The van der Waals surface area contributed by atoms with Gasteiger partial charge < -0.3 is 13.3 Å². The average molecular weight is 1190 g/mol. The normalized spacial score (nSPS) is 16.0. The van der Waals surface area contributed by atoms with E-state index in [1.807, 2.05) is 0 Å². The van der Waals surface area contributed by atoms with Crippen molar-refractivity contribution in [3.05, 3.63) is 0 Å². The smallest absolute Gasteiger partial charge is 0.392 e. The Balaban J connectivity index is -0.000000870. The number of rotatable bonds is 13. The first kappa shape index (κ1) is 67.4. The van der Waals surface area contributed by atoms with E-state index < -0.39 is 123 Å². The lowest BCUT2D eigenvalue weighted by Gasteiger charge is -2.48. The van der Waals surface area contributed by atoms with Crippen LogP contribution in [0.3, 0.4) is 0 Å². The molecule has 0 aromatic heterocycles. The molecule has 0 heterocycles. The lowest BCUT2D eigenvalue weighted by atomic mass is 9.92. The van der Waals surface area contributed by atoms with Crippen LogP contribution in [0.1, 0.15) is 20.8 Å². The molecule has 0 aliphatic carbocycles. The van der Waals surface area contributed by atoms with Gasteiger partial charge in [-0.05, 0) is 20.8 Å². The average Bonchev–Trinajstić information content (AvgIpc) is 2.92. The van der Waals surface area contributed by atoms with Gasteiger partial charge >= 0.3 is 93.3 Å². The number of hydrogen-bond acceptors (Lipinski definition) is 3. The van der Waals surface area contributed by atoms with Crippen molar-refractivity contribution in [3.8, 4) is 0 Å². The minimum absolute atomic E-state index is 0.601. The number of hydrogen-bond donors (Lipinski definition) is 0. The van der Waals surface area contributed by atoms with E-state index in [4.69, 9.17) is 44.3 Å². The topological polar surface area (TPSA) is 27.7 Å². The van der Waals surface area contributed by atoms with Gasteiger partial charge in [-0.25, -0.2) is 0 Å². The molecule has 0 radical (unpaired) electrons. The molecule has 0 rings (SSSR count). The van der Waals surface area contributed by atoms with Crippen LogP contribution in [0.25, 0.3) is 0 Å². The van der Waals surface area contributed by atoms with Crippen molar-refractivity contribution in [1.82, 2.24) is 0 Å². The highest BCUT2D eigenvalue weighted by Crippen LogP contribution is 2.76. The molecule has 0 saturated heterocycles. The van der Waals surface area contributed by atoms with Crippen molar-refractivity contribution in [3.63, 3.8) is 0 Å². The van der Waals surface area contributed by atoms with Gasteiger partial charge in [-0.15, -0.1) is 66.5 Å². The maximum absolute atomic E-state index is 13.7. The largest absolute Gasteiger partial charge is 0.472 e. The van der Waals surface area contributed by atoms with E-state index in [2.05, 4.69) is 35.4 Å². The molecule has 0 saturated carbocycles. The molecule has 0 aromatic rings. The van der Waals surface area contributed by atoms with E-state index in [1.54, 1.807) is 0 Å². The Morgan fingerprint density at radius 3 is 0.651 bits per heavy atom. The van der Waals surface area contributed by atoms with Crippen molar-refractivity contribution in [1.29, 1.82) is 0 Å². The van der Waals surface area contributed by atoms with Crippen LogP contribution in [0.15, 0.2) is 0 Å². The highest BCUT2D eigenvalue weighted by Gasteiger charge is 2.99. The lowest BCUT2D eigenvalue weighted by Crippen LogP contribution is -2.73. The molecule has 0 spiro atoms. The van der Waals surface area contributed by atoms with E-state index in [0.717, 1.165) is 13.8 Å². The molecule has 0 aromatic carbocycles. The summed E-state index contributed by atoms with van der Waals surface area (Å²) in [6.07, 6.45) is -49.8. The molecule has 0 aliphatic heterocycles. The lowest BCUT2D eigenvalue weighted by molar-refractivity contribution is -0.414. The molecule has 0 N–H and O–H groups in total. The number of alkyl halides is 31. The highest BCUT2D eigenvalue weighted by molar-refractivity contribution is 7.44. The van der Waals surface area contributed by atoms with Crippen molar-refractivity contribution < 1.29 is 149 Å². The van der Waals surface area contributed by atoms with Crippen LogP contribution < -0.4 is 0 Å². The predicted octanol–water partition coefficient (Wildman–Crippen LogP) is 15.5. The van der Waals surface area contributed by atoms with Gasteiger partial charge in [0.05, 0.1) is 0 Å². The Morgan fingerprint density at radius 1 is 0.270 bits per heavy atom. The monoisotopic (exact) mass is 1190 g/mol. The van der Waals surface area contributed by atoms with Crippen LogP contribution in [0.4, 0.5) is 136 Å². The van der Waals surface area contributed by atoms with E-state index >= 15 is 0 Å². The van der Waals surface area contributed by atoms with Crippen LogP contribution in [-0.2, 0) is 13.3 Å². The van der Waals surface area contributed by atoms with E-state index in [1.165, 1.54) is 0 Å². The van der Waals surface area contributed by atoms with Gasteiger partial charge in [0.2, 0.25) is 0 Å². The summed E-state index contributed by atoms with van der Waals surface area (Å²) in [5.74, 6) is -29.6. The van der Waals surface area contributed by atoms with Crippen molar-refractivity contribution >= 4 is 87.3 Å². The van der Waals surface area contributed by atoms with Crippen molar-refractivity contribution in [2.75, 3.05) is 19.8 Å². The fourth-order valence-electron chi connectivity index (χ4n) is 3.83. The Labute approximate surface area is 359 Å². The summed E-state index contributed by atoms with van der Waals surface area (Å²) in [5, 5.41) is -13.5. The van der Waals surface area contributed by atoms with Crippen LogP contribution in [-0.4, -0.2) is 113 Å². The Hall–Kier alpha value is 0.101. The molecular weight excluding hydrogens is 1170 g/mol. The van der Waals surface area contributed by atoms with Crippen LogP contribution in [0, 0.1) is 0 Å². The Morgan fingerprint density at radius 2 is 0.460 bits per heavy atom. The van der Waals surface area contributed by atoms with E-state index in [-0.39, 0.29) is 0 Å². The van der Waals surface area contributed by atoms with Crippen molar-refractivity contribution in [2.45, 2.75) is 103 Å². The molecule has 3 nitrogen and oxygen atoms in total. The summed E-state index contributed by atoms with van der Waals surface area (Å²) in [7, 11) is 0. The Bertz CT molecular complexity index is 1420. The second-order valence-corrected chi connectivity index (χ2v) is 28.1. The standard InChI is InChI=1S/C8H5Cl2F13OSi.2C6H5Cl2F9OSi/c1-2-24-25(9,10)3(6(15,16)17,7(18,19)20)4(11,12)5(13,14)8(21,22)23;1-2-18-19(7,8)6(16,17)4(11,12)3(9,10)5(13,14)15;1-2-18-19(7,8)3(4(9,10)11,5(12,13)14)6(15,16)17/h2H2,1H3;2*2H2,1H3. The maximum Gasteiger partial charge on any atom is 0.472 e. The molecule has 0 atom stereocenters. The summed E-state index contributed by atoms with van der Waals surface area (Å²) in [6.45, 7) is -19.9. The second kappa shape index (κ2) is 19.8. The Kier molecular flexibility index (Phi) is 21.2. The molecule has 384 valence electrons. The molecule has 0 unspecified atom stereocenters. The third-order valence-electron chi connectivity index (χ3n) is 6.71. The first-order chi connectivity index (χ1) is 26.7. The van der Waals surface area contributed by atoms with E-state index in [9.17, 15) is 136 Å². The van der Waals surface area contributed by atoms with Crippen LogP contribution in [0.2, 0.25) is 10.1 Å². The number of halogens is 37. The van der Waals surface area contributed by atoms with Gasteiger partial charge in [-0.2, -0.15) is 136 Å². The highest BCUT2D eigenvalue weighted by atomic mass is 35.7. The molecule has 43 heteroatoms. The van der Waals surface area contributed by atoms with Crippen molar-refractivity contribution in [2.24, 2.45) is 0 Å². The summed E-state index contributed by atoms with van der Waals surface area (Å²) in [5.41, 5.74) is -6.07. The van der Waals surface area contributed by atoms with Gasteiger partial charge in [-0.1, -0.05) is 0 Å². The quantitative estimate of drug-likeness (QED) is 0.104. The molecule has 63 heavy (non-hydrogen) atoms. The first-order valence-corrected chi connectivity index (χ1v) is 25.9.